The van der Waals surface area contributed by atoms with Crippen LogP contribution in [0.1, 0.15) is 5.69 Å². The van der Waals surface area contributed by atoms with Crippen molar-refractivity contribution in [3.05, 3.63) is 34.7 Å². The van der Waals surface area contributed by atoms with Crippen LogP contribution < -0.4 is 5.73 Å². The lowest BCUT2D eigenvalue weighted by molar-refractivity contribution is 0.637. The van der Waals surface area contributed by atoms with Crippen LogP contribution in [-0.2, 0) is 6.54 Å². The first-order valence-electron chi connectivity index (χ1n) is 4.01. The van der Waals surface area contributed by atoms with Gasteiger partial charge in [-0.25, -0.2) is 4.68 Å². The normalized spacial score (nSPS) is 10.4. The second kappa shape index (κ2) is 3.75. The van der Waals surface area contributed by atoms with Gasteiger partial charge in [-0.05, 0) is 28.1 Å². The van der Waals surface area contributed by atoms with Gasteiger partial charge in [-0.15, -0.1) is 5.10 Å². The van der Waals surface area contributed by atoms with E-state index in [1.54, 1.807) is 17.1 Å². The first kappa shape index (κ1) is 9.14. The number of hydrogen-bond acceptors (Lipinski definition) is 4. The zero-order chi connectivity index (χ0) is 9.97. The van der Waals surface area contributed by atoms with Gasteiger partial charge in [-0.1, -0.05) is 5.21 Å². The van der Waals surface area contributed by atoms with Gasteiger partial charge in [0.2, 0.25) is 0 Å². The predicted octanol–water partition coefficient (Wildman–Crippen LogP) is 1.07. The molecular weight excluding hydrogens is 246 g/mol. The molecule has 2 aromatic rings. The summed E-state index contributed by atoms with van der Waals surface area (Å²) in [6.45, 7) is 0.561. The van der Waals surface area contributed by atoms with E-state index < -0.39 is 0 Å². The number of nitrogens with two attached hydrogens (primary N) is 1. The van der Waals surface area contributed by atoms with E-state index >= 15 is 0 Å². The maximum atomic E-state index is 5.44. The minimum atomic E-state index is 0.414. The van der Waals surface area contributed by atoms with Gasteiger partial charge in [-0.2, -0.15) is 0 Å². The molecule has 2 N–H and O–H groups in total. The van der Waals surface area contributed by atoms with E-state index in [0.29, 0.717) is 12.4 Å². The molecule has 0 atom stereocenters. The van der Waals surface area contributed by atoms with Crippen molar-refractivity contribution >= 4 is 21.7 Å². The third-order valence-electron chi connectivity index (χ3n) is 1.70. The second-order valence-electron chi connectivity index (χ2n) is 2.77. The number of hydrogen-bond donors (Lipinski definition) is 1. The van der Waals surface area contributed by atoms with Gasteiger partial charge in [-0.3, -0.25) is 4.98 Å². The Morgan fingerprint density at radius 1 is 1.50 bits per heavy atom. The van der Waals surface area contributed by atoms with Gasteiger partial charge < -0.3 is 5.73 Å². The largest absolute Gasteiger partial charge is 0.381 e. The van der Waals surface area contributed by atoms with Crippen LogP contribution in [0.3, 0.4) is 0 Å². The van der Waals surface area contributed by atoms with E-state index in [-0.39, 0.29) is 0 Å². The lowest BCUT2D eigenvalue weighted by Crippen LogP contribution is -2.03. The molecule has 0 aliphatic rings. The van der Waals surface area contributed by atoms with E-state index in [9.17, 15) is 0 Å². The van der Waals surface area contributed by atoms with Crippen molar-refractivity contribution in [2.45, 2.75) is 6.54 Å². The lowest BCUT2D eigenvalue weighted by atomic mass is 10.3. The molecule has 0 radical (unpaired) electrons. The predicted molar refractivity (Wildman–Crippen MR) is 55.5 cm³/mol. The molecule has 72 valence electrons. The number of nitrogens with zero attached hydrogens (tertiary/aromatic N) is 4. The minimum absolute atomic E-state index is 0.414. The molecule has 5 nitrogen and oxygen atoms in total. The standard InChI is InChI=1S/C8H8BrN5/c9-6-2-1-3-11-7(6)4-14-5-8(10)12-13-14/h1-3,5H,4,10H2. The van der Waals surface area contributed by atoms with Gasteiger partial charge in [0.1, 0.15) is 0 Å². The Morgan fingerprint density at radius 3 is 3.00 bits per heavy atom. The molecule has 0 aromatic carbocycles. The summed E-state index contributed by atoms with van der Waals surface area (Å²) in [5, 5.41) is 7.52. The minimum Gasteiger partial charge on any atom is -0.381 e. The molecular formula is C8H8BrN5. The highest BCUT2D eigenvalue weighted by Gasteiger charge is 2.02. The van der Waals surface area contributed by atoms with Crippen LogP contribution in [0.15, 0.2) is 29.0 Å². The fourth-order valence-electron chi connectivity index (χ4n) is 1.08. The highest BCUT2D eigenvalue weighted by atomic mass is 79.9. The fraction of sp³-hybridized carbons (Fsp3) is 0.125. The molecule has 0 spiro atoms. The summed E-state index contributed by atoms with van der Waals surface area (Å²) in [5.41, 5.74) is 6.34. The molecule has 0 fully saturated rings. The monoisotopic (exact) mass is 253 g/mol. The average Bonchev–Trinajstić information content (AvgIpc) is 2.56. The number of rotatable bonds is 2. The summed E-state index contributed by atoms with van der Waals surface area (Å²) >= 11 is 3.41. The van der Waals surface area contributed by atoms with E-state index in [0.717, 1.165) is 10.2 Å². The smallest absolute Gasteiger partial charge is 0.165 e. The summed E-state index contributed by atoms with van der Waals surface area (Å²) in [6.07, 6.45) is 3.40. The van der Waals surface area contributed by atoms with Crippen molar-refractivity contribution in [1.29, 1.82) is 0 Å². The highest BCUT2D eigenvalue weighted by molar-refractivity contribution is 9.10. The number of nitrogen functional groups attached to an aromatic ring is 1. The number of anilines is 1. The summed E-state index contributed by atoms with van der Waals surface area (Å²) in [5.74, 6) is 0.414. The van der Waals surface area contributed by atoms with Crippen molar-refractivity contribution in [3.8, 4) is 0 Å². The Morgan fingerprint density at radius 2 is 2.36 bits per heavy atom. The summed E-state index contributed by atoms with van der Waals surface area (Å²) in [7, 11) is 0. The Labute approximate surface area is 89.1 Å². The van der Waals surface area contributed by atoms with Crippen molar-refractivity contribution in [2.24, 2.45) is 0 Å². The molecule has 0 aliphatic carbocycles. The molecule has 0 unspecified atom stereocenters. The molecule has 2 aromatic heterocycles. The first-order chi connectivity index (χ1) is 6.75. The molecule has 14 heavy (non-hydrogen) atoms. The van der Waals surface area contributed by atoms with Gasteiger partial charge in [0.25, 0.3) is 0 Å². The molecule has 0 saturated heterocycles. The Balaban J connectivity index is 2.23. The van der Waals surface area contributed by atoms with Crippen LogP contribution in [0.2, 0.25) is 0 Å². The zero-order valence-electron chi connectivity index (χ0n) is 7.26. The van der Waals surface area contributed by atoms with Crippen molar-refractivity contribution in [1.82, 2.24) is 20.0 Å². The third kappa shape index (κ3) is 1.90. The van der Waals surface area contributed by atoms with Gasteiger partial charge >= 0.3 is 0 Å². The van der Waals surface area contributed by atoms with E-state index in [1.807, 2.05) is 12.1 Å². The molecule has 0 saturated carbocycles. The van der Waals surface area contributed by atoms with E-state index in [2.05, 4.69) is 31.2 Å². The van der Waals surface area contributed by atoms with Crippen molar-refractivity contribution in [3.63, 3.8) is 0 Å². The van der Waals surface area contributed by atoms with Crippen LogP contribution in [0, 0.1) is 0 Å². The van der Waals surface area contributed by atoms with E-state index in [1.165, 1.54) is 0 Å². The maximum absolute atomic E-state index is 5.44. The highest BCUT2D eigenvalue weighted by Crippen LogP contribution is 2.14. The SMILES string of the molecule is Nc1cn(Cc2ncccc2Br)nn1. The zero-order valence-corrected chi connectivity index (χ0v) is 8.85. The topological polar surface area (TPSA) is 69.6 Å². The third-order valence-corrected chi connectivity index (χ3v) is 2.42. The summed E-state index contributed by atoms with van der Waals surface area (Å²) in [6, 6.07) is 3.80. The number of halogens is 1. The average molecular weight is 254 g/mol. The van der Waals surface area contributed by atoms with Crippen LogP contribution in [0.5, 0.6) is 0 Å². The first-order valence-corrected chi connectivity index (χ1v) is 4.80. The van der Waals surface area contributed by atoms with Gasteiger partial charge in [0.15, 0.2) is 5.82 Å². The van der Waals surface area contributed by atoms with Crippen LogP contribution >= 0.6 is 15.9 Å². The second-order valence-corrected chi connectivity index (χ2v) is 3.63. The van der Waals surface area contributed by atoms with Gasteiger partial charge in [0, 0.05) is 10.7 Å². The van der Waals surface area contributed by atoms with Crippen molar-refractivity contribution < 1.29 is 0 Å². The molecule has 0 amide bonds. The van der Waals surface area contributed by atoms with Crippen LogP contribution in [0.4, 0.5) is 5.82 Å². The molecule has 6 heteroatoms. The van der Waals surface area contributed by atoms with Crippen LogP contribution in [-0.4, -0.2) is 20.0 Å². The Kier molecular flexibility index (Phi) is 2.45. The van der Waals surface area contributed by atoms with Gasteiger partial charge in [0.05, 0.1) is 18.4 Å². The summed E-state index contributed by atoms with van der Waals surface area (Å²) < 4.78 is 2.59. The fourth-order valence-corrected chi connectivity index (χ4v) is 1.46. The Hall–Kier alpha value is -1.43. The number of pyridine rings is 1. The molecule has 2 heterocycles. The summed E-state index contributed by atoms with van der Waals surface area (Å²) in [4.78, 5) is 4.21. The molecule has 2 rings (SSSR count). The number of aromatic nitrogens is 4. The Bertz CT molecular complexity index is 439. The molecule has 0 bridgehead atoms. The lowest BCUT2D eigenvalue weighted by Gasteiger charge is -2.01. The maximum Gasteiger partial charge on any atom is 0.165 e. The van der Waals surface area contributed by atoms with E-state index in [4.69, 9.17) is 5.73 Å². The van der Waals surface area contributed by atoms with Crippen molar-refractivity contribution in [2.75, 3.05) is 5.73 Å². The van der Waals surface area contributed by atoms with Crippen LogP contribution in [0.25, 0.3) is 0 Å². The molecule has 0 aliphatic heterocycles. The quantitative estimate of drug-likeness (QED) is 0.870.